The molecule has 0 aliphatic heterocycles. The molecule has 0 unspecified atom stereocenters. The van der Waals surface area contributed by atoms with Crippen molar-refractivity contribution in [1.82, 2.24) is 0 Å². The van der Waals surface area contributed by atoms with Crippen LogP contribution >= 0.6 is 84.4 Å². The van der Waals surface area contributed by atoms with Crippen LogP contribution in [0.4, 0.5) is 0 Å². The summed E-state index contributed by atoms with van der Waals surface area (Å²) in [6, 6.07) is 0. The summed E-state index contributed by atoms with van der Waals surface area (Å²) < 4.78 is -6.21. The minimum absolute atomic E-state index is 4.49. The maximum absolute atomic E-state index is 6.21. The Labute approximate surface area is 78.5 Å². The van der Waals surface area contributed by atoms with Crippen molar-refractivity contribution in [3.8, 4) is 0 Å². The third-order valence-corrected chi connectivity index (χ3v) is 0. The van der Waals surface area contributed by atoms with Crippen molar-refractivity contribution in [2.24, 2.45) is 0 Å². The molecule has 0 rings (SSSR count). The van der Waals surface area contributed by atoms with Crippen molar-refractivity contribution < 1.29 is -4.41 Å². The van der Waals surface area contributed by atoms with Gasteiger partial charge in [-0.05, 0) is 0 Å². The van der Waals surface area contributed by atoms with Gasteiger partial charge >= 0.3 is 80.0 Å². The molecule has 0 nitrogen and oxygen atoms in total. The second-order valence-electron chi connectivity index (χ2n) is 1.65. The summed E-state index contributed by atoms with van der Waals surface area (Å²) in [6.45, 7) is 0. The summed E-state index contributed by atoms with van der Waals surface area (Å²) in [4.78, 5) is 0. The molecular weight excluding hydrogens is 312 g/mol. The summed E-state index contributed by atoms with van der Waals surface area (Å²) in [6.07, 6.45) is 0. The molecule has 9 heavy (non-hydrogen) atoms. The van der Waals surface area contributed by atoms with E-state index in [0.717, 1.165) is 0 Å². The molecule has 0 aromatic carbocycles. The SMILES string of the molecule is [S]=[Fe](=[S])(=[S])(=[S])(=[S])(=[S])(=[S])=[S]. The molecule has 0 bridgehead atoms. The van der Waals surface area contributed by atoms with Crippen LogP contribution in [0.3, 0.4) is 0 Å². The van der Waals surface area contributed by atoms with E-state index in [2.05, 4.69) is 84.4 Å². The van der Waals surface area contributed by atoms with Crippen LogP contribution in [0.5, 0.6) is 0 Å². The average molecular weight is 312 g/mol. The Hall–Kier alpha value is 2.28. The van der Waals surface area contributed by atoms with Crippen molar-refractivity contribution in [3.63, 3.8) is 0 Å². The first-order chi connectivity index (χ1) is 2.83. The average Bonchev–Trinajstić information content (AvgIpc) is 0.503. The molecule has 0 atom stereocenters. The van der Waals surface area contributed by atoms with Gasteiger partial charge in [0.15, 0.2) is 0 Å². The standard InChI is InChI=1S/Fe.8S. The van der Waals surface area contributed by atoms with Crippen LogP contribution in [-0.4, -0.2) is 0 Å². The maximum atomic E-state index is 4.49. The Balaban J connectivity index is 11.7. The van der Waals surface area contributed by atoms with Crippen molar-refractivity contribution in [3.05, 3.63) is 0 Å². The van der Waals surface area contributed by atoms with E-state index in [-0.39, 0.29) is 0 Å². The zero-order valence-electron chi connectivity index (χ0n) is 3.62. The Kier molecular flexibility index (Phi) is 1.21. The first-order valence-corrected chi connectivity index (χ1v) is 14.3. The zero-order valence-corrected chi connectivity index (χ0v) is 11.3. The van der Waals surface area contributed by atoms with Gasteiger partial charge in [0, 0.05) is 0 Å². The summed E-state index contributed by atoms with van der Waals surface area (Å²) in [5.74, 6) is 0. The van der Waals surface area contributed by atoms with E-state index in [9.17, 15) is 0 Å². The Morgan fingerprint density at radius 3 is 0.444 bits per heavy atom. The first-order valence-electron chi connectivity index (χ1n) is 1.15. The first kappa shape index (κ1) is 11.3. The Morgan fingerprint density at radius 2 is 0.444 bits per heavy atom. The molecule has 0 heterocycles. The third kappa shape index (κ3) is 136. The molecule has 0 radical (unpaired) electrons. The molecule has 0 aromatic rings. The fourth-order valence-electron chi connectivity index (χ4n) is 0. The van der Waals surface area contributed by atoms with Crippen LogP contribution in [-0.2, 0) is -4.41 Å². The van der Waals surface area contributed by atoms with E-state index >= 15 is 0 Å². The van der Waals surface area contributed by atoms with Crippen molar-refractivity contribution in [1.29, 1.82) is 0 Å². The number of hydrogen-bond acceptors (Lipinski definition) is 8. The molecule has 0 aromatic heterocycles. The van der Waals surface area contributed by atoms with Crippen molar-refractivity contribution in [2.75, 3.05) is 0 Å². The van der Waals surface area contributed by atoms with Gasteiger partial charge < -0.3 is 0 Å². The number of rotatable bonds is 0. The molecule has 0 amide bonds. The molecule has 9 heteroatoms. The second kappa shape index (κ2) is 0.965. The predicted molar refractivity (Wildman–Crippen MR) is 60.7 cm³/mol. The van der Waals surface area contributed by atoms with E-state index in [1.807, 2.05) is 0 Å². The van der Waals surface area contributed by atoms with Gasteiger partial charge in [-0.3, -0.25) is 0 Å². The zero-order chi connectivity index (χ0) is 8.35. The van der Waals surface area contributed by atoms with Gasteiger partial charge in [0.2, 0.25) is 0 Å². The molecule has 0 N–H and O–H groups in total. The minimum atomic E-state index is -6.21. The van der Waals surface area contributed by atoms with Gasteiger partial charge in [-0.1, -0.05) is 0 Å². The van der Waals surface area contributed by atoms with E-state index < -0.39 is -4.41 Å². The normalized spacial score (nSPS) is 23.1. The summed E-state index contributed by atoms with van der Waals surface area (Å²) >= 11 is 0. The quantitative estimate of drug-likeness (QED) is 0.554. The topological polar surface area (TPSA) is 0 Å². The van der Waals surface area contributed by atoms with Gasteiger partial charge in [0.1, 0.15) is 0 Å². The van der Waals surface area contributed by atoms with Crippen LogP contribution in [0, 0.1) is 0 Å². The summed E-state index contributed by atoms with van der Waals surface area (Å²) in [5, 5.41) is 0. The van der Waals surface area contributed by atoms with Crippen LogP contribution in [0.1, 0.15) is 0 Å². The number of hydrogen-bond donors (Lipinski definition) is 0. The fraction of sp³-hybridized carbons (Fsp3) is 0. The van der Waals surface area contributed by atoms with Gasteiger partial charge in [0.25, 0.3) is 0 Å². The molecule has 0 spiro atoms. The van der Waals surface area contributed by atoms with Crippen LogP contribution in [0.2, 0.25) is 0 Å². The van der Waals surface area contributed by atoms with Gasteiger partial charge in [-0.25, -0.2) is 0 Å². The Bertz CT molecular complexity index is 876. The fourth-order valence-corrected chi connectivity index (χ4v) is 0. The van der Waals surface area contributed by atoms with E-state index in [0.29, 0.717) is 0 Å². The van der Waals surface area contributed by atoms with E-state index in [4.69, 9.17) is 0 Å². The molecule has 0 fully saturated rings. The van der Waals surface area contributed by atoms with E-state index in [1.165, 1.54) is 0 Å². The van der Waals surface area contributed by atoms with E-state index in [1.54, 1.807) is 0 Å². The molecule has 0 aliphatic rings. The van der Waals surface area contributed by atoms with Gasteiger partial charge in [-0.2, -0.15) is 0 Å². The molecule has 0 aliphatic carbocycles. The van der Waals surface area contributed by atoms with Crippen molar-refractivity contribution >= 4 is 84.4 Å². The molecule has 0 saturated heterocycles. The molecule has 0 saturated carbocycles. The van der Waals surface area contributed by atoms with Gasteiger partial charge in [0.05, 0.1) is 0 Å². The Morgan fingerprint density at radius 1 is 0.444 bits per heavy atom. The van der Waals surface area contributed by atoms with Crippen LogP contribution in [0.25, 0.3) is 0 Å². The van der Waals surface area contributed by atoms with Crippen molar-refractivity contribution in [2.45, 2.75) is 0 Å². The predicted octanol–water partition coefficient (Wildman–Crippen LogP) is 5.18. The monoisotopic (exact) mass is 312 g/mol. The molecule has 56 valence electrons. The second-order valence-corrected chi connectivity index (χ2v) is 61.2. The van der Waals surface area contributed by atoms with Gasteiger partial charge in [-0.15, -0.1) is 0 Å². The molecular formula is FeS8. The summed E-state index contributed by atoms with van der Waals surface area (Å²) in [7, 11) is 35.9. The van der Waals surface area contributed by atoms with Crippen LogP contribution < -0.4 is 0 Å². The van der Waals surface area contributed by atoms with Crippen LogP contribution in [0.15, 0.2) is 0 Å². The summed E-state index contributed by atoms with van der Waals surface area (Å²) in [5.41, 5.74) is 0. The third-order valence-electron chi connectivity index (χ3n) is 0.